The van der Waals surface area contributed by atoms with Crippen molar-refractivity contribution < 1.29 is 9.72 Å². The normalized spacial score (nSPS) is 10.6. The lowest BCUT2D eigenvalue weighted by Gasteiger charge is -1.99. The summed E-state index contributed by atoms with van der Waals surface area (Å²) in [5.41, 5.74) is 1.63. The molecule has 10 heteroatoms. The van der Waals surface area contributed by atoms with E-state index in [1.54, 1.807) is 0 Å². The molecule has 0 aliphatic rings. The molecule has 3 rings (SSSR count). The second-order valence-electron chi connectivity index (χ2n) is 4.50. The number of rotatable bonds is 4. The van der Waals surface area contributed by atoms with Crippen LogP contribution in [0.4, 0.5) is 10.1 Å². The number of halogens is 2. The smallest absolute Gasteiger partial charge is 0.297 e. The van der Waals surface area contributed by atoms with E-state index in [1.807, 2.05) is 24.3 Å². The highest BCUT2D eigenvalue weighted by Gasteiger charge is 2.18. The second kappa shape index (κ2) is 7.09. The highest BCUT2D eigenvalue weighted by Crippen LogP contribution is 2.36. The van der Waals surface area contributed by atoms with Crippen molar-refractivity contribution in [1.82, 2.24) is 4.98 Å². The SMILES string of the molecule is O=C(Nc1nc(-c2ccc(Br)cc2)c(Br)s1)c1ccc([N+](=O)[O-])s1. The van der Waals surface area contributed by atoms with Gasteiger partial charge in [-0.25, -0.2) is 4.98 Å². The minimum absolute atomic E-state index is 0.0731. The number of thiophene rings is 1. The molecule has 2 heterocycles. The van der Waals surface area contributed by atoms with Gasteiger partial charge in [-0.05, 0) is 34.1 Å². The van der Waals surface area contributed by atoms with E-state index in [0.717, 1.165) is 30.9 Å². The number of hydrogen-bond acceptors (Lipinski definition) is 6. The fraction of sp³-hybridized carbons (Fsp3) is 0. The zero-order valence-corrected chi connectivity index (χ0v) is 16.5. The summed E-state index contributed by atoms with van der Waals surface area (Å²) in [4.78, 5) is 27.0. The molecule has 0 saturated heterocycles. The molecular formula is C14H7Br2N3O3S2. The lowest BCUT2D eigenvalue weighted by Crippen LogP contribution is -2.09. The molecule has 0 atom stereocenters. The molecule has 0 aliphatic heterocycles. The molecule has 1 amide bonds. The molecule has 6 nitrogen and oxygen atoms in total. The molecule has 1 N–H and O–H groups in total. The van der Waals surface area contributed by atoms with Gasteiger partial charge in [0.2, 0.25) is 0 Å². The summed E-state index contributed by atoms with van der Waals surface area (Å²) >= 11 is 8.94. The average Bonchev–Trinajstić information content (AvgIpc) is 3.15. The molecule has 0 bridgehead atoms. The van der Waals surface area contributed by atoms with Gasteiger partial charge in [-0.1, -0.05) is 50.7 Å². The predicted octanol–water partition coefficient (Wildman–Crippen LogP) is 5.56. The first-order valence-corrected chi connectivity index (χ1v) is 9.64. The largest absolute Gasteiger partial charge is 0.324 e. The van der Waals surface area contributed by atoms with Crippen molar-refractivity contribution in [3.63, 3.8) is 0 Å². The third-order valence-electron chi connectivity index (χ3n) is 2.92. The maximum Gasteiger partial charge on any atom is 0.324 e. The van der Waals surface area contributed by atoms with Crippen molar-refractivity contribution in [2.24, 2.45) is 0 Å². The number of nitrogens with one attached hydrogen (secondary N) is 1. The van der Waals surface area contributed by atoms with Gasteiger partial charge in [0, 0.05) is 16.1 Å². The maximum absolute atomic E-state index is 12.2. The van der Waals surface area contributed by atoms with Crippen molar-refractivity contribution in [2.45, 2.75) is 0 Å². The number of carbonyl (C=O) groups excluding carboxylic acids is 1. The summed E-state index contributed by atoms with van der Waals surface area (Å²) in [6.45, 7) is 0. The first-order chi connectivity index (χ1) is 11.4. The van der Waals surface area contributed by atoms with Crippen molar-refractivity contribution >= 4 is 70.6 Å². The van der Waals surface area contributed by atoms with Gasteiger partial charge < -0.3 is 0 Å². The highest BCUT2D eigenvalue weighted by atomic mass is 79.9. The molecule has 3 aromatic rings. The van der Waals surface area contributed by atoms with Crippen molar-refractivity contribution in [1.29, 1.82) is 0 Å². The molecule has 1 aromatic carbocycles. The minimum Gasteiger partial charge on any atom is -0.297 e. The Morgan fingerprint density at radius 3 is 2.46 bits per heavy atom. The lowest BCUT2D eigenvalue weighted by atomic mass is 10.2. The second-order valence-corrected chi connectivity index (χ2v) is 8.79. The zero-order chi connectivity index (χ0) is 17.3. The maximum atomic E-state index is 12.2. The monoisotopic (exact) mass is 487 g/mol. The van der Waals surface area contributed by atoms with E-state index < -0.39 is 10.8 Å². The van der Waals surface area contributed by atoms with Crippen molar-refractivity contribution in [3.8, 4) is 11.3 Å². The third kappa shape index (κ3) is 3.72. The van der Waals surface area contributed by atoms with Gasteiger partial charge in [-0.15, -0.1) is 0 Å². The molecule has 24 heavy (non-hydrogen) atoms. The van der Waals surface area contributed by atoms with Crippen LogP contribution in [-0.4, -0.2) is 15.8 Å². The van der Waals surface area contributed by atoms with Crippen LogP contribution in [0, 0.1) is 10.1 Å². The van der Waals surface area contributed by atoms with Crippen LogP contribution in [0.1, 0.15) is 9.67 Å². The number of aromatic nitrogens is 1. The number of nitrogens with zero attached hydrogens (tertiary/aromatic N) is 2. The van der Waals surface area contributed by atoms with Crippen LogP contribution in [-0.2, 0) is 0 Å². The van der Waals surface area contributed by atoms with E-state index in [0.29, 0.717) is 5.13 Å². The molecular weight excluding hydrogens is 482 g/mol. The van der Waals surface area contributed by atoms with E-state index >= 15 is 0 Å². The summed E-state index contributed by atoms with van der Waals surface area (Å²) in [6.07, 6.45) is 0. The Morgan fingerprint density at radius 2 is 1.83 bits per heavy atom. The van der Waals surface area contributed by atoms with E-state index in [9.17, 15) is 14.9 Å². The molecule has 0 radical (unpaired) electrons. The Bertz CT molecular complexity index is 922. The number of hydrogen-bond donors (Lipinski definition) is 1. The fourth-order valence-electron chi connectivity index (χ4n) is 1.85. The van der Waals surface area contributed by atoms with Crippen LogP contribution in [0.25, 0.3) is 11.3 Å². The Kier molecular flexibility index (Phi) is 5.09. The Hall–Kier alpha value is -1.62. The lowest BCUT2D eigenvalue weighted by molar-refractivity contribution is -0.380. The molecule has 0 spiro atoms. The molecule has 122 valence electrons. The average molecular weight is 489 g/mol. The van der Waals surface area contributed by atoms with Crippen LogP contribution in [0.3, 0.4) is 0 Å². The standard InChI is InChI=1S/C14H7Br2N3O3S2/c15-8-3-1-7(2-4-8)11-12(16)24-14(17-11)18-13(20)9-5-6-10(23-9)19(21)22/h1-6H,(H,17,18,20). The first-order valence-electron chi connectivity index (χ1n) is 6.42. The minimum atomic E-state index is -0.521. The molecule has 0 fully saturated rings. The van der Waals surface area contributed by atoms with E-state index in [1.165, 1.54) is 23.5 Å². The van der Waals surface area contributed by atoms with Crippen molar-refractivity contribution in [2.75, 3.05) is 5.32 Å². The highest BCUT2D eigenvalue weighted by molar-refractivity contribution is 9.11. The summed E-state index contributed by atoms with van der Waals surface area (Å²) in [5.74, 6) is -0.420. The van der Waals surface area contributed by atoms with Crippen LogP contribution in [0.2, 0.25) is 0 Å². The number of benzene rings is 1. The van der Waals surface area contributed by atoms with Gasteiger partial charge in [0.25, 0.3) is 5.91 Å². The summed E-state index contributed by atoms with van der Waals surface area (Å²) in [6, 6.07) is 10.4. The predicted molar refractivity (Wildman–Crippen MR) is 102 cm³/mol. The first kappa shape index (κ1) is 17.2. The zero-order valence-electron chi connectivity index (χ0n) is 11.7. The number of thiazole rings is 1. The van der Waals surface area contributed by atoms with Crippen LogP contribution in [0.15, 0.2) is 44.7 Å². The molecule has 0 saturated carbocycles. The van der Waals surface area contributed by atoms with Crippen molar-refractivity contribution in [3.05, 3.63) is 59.6 Å². The Labute approximate surface area is 161 Å². The molecule has 0 unspecified atom stereocenters. The number of carbonyl (C=O) groups is 1. The number of amides is 1. The van der Waals surface area contributed by atoms with Gasteiger partial charge >= 0.3 is 5.00 Å². The summed E-state index contributed by atoms with van der Waals surface area (Å²) < 4.78 is 1.75. The van der Waals surface area contributed by atoms with Gasteiger partial charge in [0.1, 0.15) is 0 Å². The van der Waals surface area contributed by atoms with E-state index in [-0.39, 0.29) is 9.88 Å². The van der Waals surface area contributed by atoms with Gasteiger partial charge in [0.05, 0.1) is 19.3 Å². The van der Waals surface area contributed by atoms with Gasteiger partial charge in [0.15, 0.2) is 5.13 Å². The quantitative estimate of drug-likeness (QED) is 0.385. The van der Waals surface area contributed by atoms with Gasteiger partial charge in [-0.3, -0.25) is 20.2 Å². The topological polar surface area (TPSA) is 85.1 Å². The fourth-order valence-corrected chi connectivity index (χ4v) is 4.32. The van der Waals surface area contributed by atoms with E-state index in [4.69, 9.17) is 0 Å². The van der Waals surface area contributed by atoms with Crippen LogP contribution in [0.5, 0.6) is 0 Å². The number of anilines is 1. The van der Waals surface area contributed by atoms with Crippen LogP contribution < -0.4 is 5.32 Å². The summed E-state index contributed by atoms with van der Waals surface area (Å²) in [5, 5.41) is 13.7. The third-order valence-corrected chi connectivity index (χ3v) is 6.10. The van der Waals surface area contributed by atoms with Crippen LogP contribution >= 0.6 is 54.5 Å². The molecule has 0 aliphatic carbocycles. The number of nitro groups is 1. The Morgan fingerprint density at radius 1 is 1.12 bits per heavy atom. The van der Waals surface area contributed by atoms with E-state index in [2.05, 4.69) is 42.2 Å². The Balaban J connectivity index is 1.80. The van der Waals surface area contributed by atoms with Gasteiger partial charge in [-0.2, -0.15) is 0 Å². The molecule has 2 aromatic heterocycles. The summed E-state index contributed by atoms with van der Waals surface area (Å²) in [7, 11) is 0.